The zero-order valence-corrected chi connectivity index (χ0v) is 55.1. The van der Waals surface area contributed by atoms with Gasteiger partial charge >= 0.3 is 11.9 Å². The summed E-state index contributed by atoms with van der Waals surface area (Å²) in [5.41, 5.74) is 34.2. The number of aliphatic hydroxyl groups excluding tert-OH is 1. The smallest absolute Gasteiger partial charge is 0.326 e. The summed E-state index contributed by atoms with van der Waals surface area (Å²) in [5, 5.41) is 92.0. The molecule has 0 fully saturated rings. The maximum atomic E-state index is 14.4. The molecule has 13 amide bonds. The number of hydrogen-bond donors (Lipinski definition) is 25. The van der Waals surface area contributed by atoms with Gasteiger partial charge in [0.05, 0.1) is 32.0 Å². The van der Waals surface area contributed by atoms with Crippen LogP contribution in [0.15, 0.2) is 78.9 Å². The highest BCUT2D eigenvalue weighted by Gasteiger charge is 2.36. The zero-order valence-electron chi connectivity index (χ0n) is 55.1. The van der Waals surface area contributed by atoms with Crippen LogP contribution in [0.25, 0.3) is 0 Å². The fourth-order valence-corrected chi connectivity index (χ4v) is 9.50. The van der Waals surface area contributed by atoms with E-state index in [0.29, 0.717) is 16.7 Å². The second kappa shape index (κ2) is 43.2. The number of carboxylic acids is 2. The van der Waals surface area contributed by atoms with Crippen LogP contribution in [0.3, 0.4) is 0 Å². The van der Waals surface area contributed by atoms with Crippen molar-refractivity contribution in [3.8, 4) is 11.5 Å². The first-order valence-corrected chi connectivity index (χ1v) is 31.6. The summed E-state index contributed by atoms with van der Waals surface area (Å²) < 4.78 is 0. The van der Waals surface area contributed by atoms with Crippen LogP contribution in [-0.4, -0.2) is 213 Å². The third-order valence-electron chi connectivity index (χ3n) is 14.8. The lowest BCUT2D eigenvalue weighted by Crippen LogP contribution is -2.61. The van der Waals surface area contributed by atoms with Gasteiger partial charge in [-0.1, -0.05) is 54.6 Å². The summed E-state index contributed by atoms with van der Waals surface area (Å²) in [7, 11) is 0. The first-order chi connectivity index (χ1) is 48.1. The van der Waals surface area contributed by atoms with Crippen LogP contribution in [0.5, 0.6) is 11.5 Å². The minimum Gasteiger partial charge on any atom is -0.508 e. The van der Waals surface area contributed by atoms with Gasteiger partial charge in [-0.25, -0.2) is 4.79 Å². The summed E-state index contributed by atoms with van der Waals surface area (Å²) in [6, 6.07) is 1.66. The van der Waals surface area contributed by atoms with Gasteiger partial charge in [0.1, 0.15) is 65.9 Å². The van der Waals surface area contributed by atoms with Crippen LogP contribution in [-0.2, 0) is 91.2 Å². The lowest BCUT2D eigenvalue weighted by atomic mass is 10.0. The highest BCUT2D eigenvalue weighted by atomic mass is 16.4. The first kappa shape index (κ1) is 84.0. The Hall–Kier alpha value is -12.2. The Morgan fingerprint density at radius 3 is 1.18 bits per heavy atom. The molecule has 0 aliphatic rings. The van der Waals surface area contributed by atoms with E-state index >= 15 is 0 Å². The van der Waals surface area contributed by atoms with Crippen LogP contribution in [0.1, 0.15) is 80.9 Å². The van der Waals surface area contributed by atoms with Crippen molar-refractivity contribution in [2.24, 2.45) is 34.4 Å². The third-order valence-corrected chi connectivity index (χ3v) is 14.8. The van der Waals surface area contributed by atoms with Crippen LogP contribution >= 0.6 is 0 Å². The number of benzene rings is 3. The van der Waals surface area contributed by atoms with Crippen LogP contribution in [0, 0.1) is 10.8 Å². The van der Waals surface area contributed by atoms with Gasteiger partial charge in [-0.15, -0.1) is 0 Å². The van der Waals surface area contributed by atoms with E-state index in [2.05, 4.69) is 63.8 Å². The predicted molar refractivity (Wildman–Crippen MR) is 358 cm³/mol. The lowest BCUT2D eigenvalue weighted by molar-refractivity contribution is -0.143. The van der Waals surface area contributed by atoms with Gasteiger partial charge in [-0.3, -0.25) is 77.9 Å². The van der Waals surface area contributed by atoms with E-state index < -0.39 is 207 Å². The summed E-state index contributed by atoms with van der Waals surface area (Å²) in [4.78, 5) is 199. The molecule has 0 heterocycles. The van der Waals surface area contributed by atoms with Gasteiger partial charge in [-0.05, 0) is 79.5 Å². The van der Waals surface area contributed by atoms with Crippen molar-refractivity contribution in [3.63, 3.8) is 0 Å². The molecule has 102 heavy (non-hydrogen) atoms. The molecule has 31 N–H and O–H groups in total. The highest BCUT2D eigenvalue weighted by Crippen LogP contribution is 2.16. The van der Waals surface area contributed by atoms with Crippen molar-refractivity contribution in [2.75, 3.05) is 26.2 Å². The van der Waals surface area contributed by atoms with Gasteiger partial charge in [0.25, 0.3) is 0 Å². The molecular formula is C62H88N20O20. The molecule has 40 heteroatoms. The number of carbonyl (C=O) groups excluding carboxylic acids is 13. The maximum absolute atomic E-state index is 14.4. The van der Waals surface area contributed by atoms with E-state index in [9.17, 15) is 97.5 Å². The Balaban J connectivity index is 1.88. The van der Waals surface area contributed by atoms with Crippen molar-refractivity contribution >= 4 is 101 Å². The average Bonchev–Trinajstić information content (AvgIpc) is 0.856. The van der Waals surface area contributed by atoms with E-state index in [1.165, 1.54) is 48.5 Å². The molecule has 3 rings (SSSR count). The molecule has 0 unspecified atom stereocenters. The standard InChI is InChI=1S/C62H88N20O20/c63-36(8-4-22-71-61(67)68)51(92)77-40(25-32-10-14-34(84)15-11-32)57(98)82-45(30-83)59(100)81-44(28-48(66)88)58(99)75-38(18-20-46(64)86)54(95)80-43(27-47(65)87)52(93)73-29-49(89)74-37(9-5-23-72-62(69)70)53(94)78-41(24-31-6-2-1-3-7-31)56(97)79-42(26-33-12-16-35(85)17-13-33)55(96)76-39(60(101)102)19-21-50(90)91/h1-3,6-7,10-17,36-45,83-85H,4-5,8-9,18-30,63H2,(H2,64,86)(H2,65,87)(H2,66,88)(H,73,93)(H,74,89)(H,75,99)(H,76,96)(H,77,92)(H,78,94)(H,79,97)(H,80,95)(H,81,100)(H,82,98)(H,90,91)(H,101,102)(H4,67,68,71)(H4,69,70,72)/t36-,37-,38-,39-,40-,41-,42-,43-,44-,45-/m0/s1. The SMILES string of the molecule is N=C(N)NCCC[C@H](NC(=O)CNC(=O)[C@H](CC(N)=O)NC(=O)[C@H](CCC(N)=O)NC(=O)[C@H](CC(N)=O)NC(=O)[C@H](CO)NC(=O)[C@H](Cc1ccc(O)cc1)NC(=O)[C@@H](N)CCCNC(=N)N)C(=O)N[C@@H](Cc1ccccc1)C(=O)N[C@@H](Cc1ccc(O)cc1)C(=O)N[C@@H](CCC(=O)O)C(=O)O. The number of nitrogens with two attached hydrogens (primary N) is 6. The number of carbonyl (C=O) groups is 15. The van der Waals surface area contributed by atoms with Gasteiger partial charge in [-0.2, -0.15) is 0 Å². The number of aromatic hydroxyl groups is 2. The van der Waals surface area contributed by atoms with Crippen molar-refractivity contribution < 1.29 is 97.5 Å². The Bertz CT molecular complexity index is 3460. The van der Waals surface area contributed by atoms with Crippen molar-refractivity contribution in [1.82, 2.24) is 63.8 Å². The Labute approximate surface area is 582 Å². The monoisotopic (exact) mass is 1430 g/mol. The number of hydrogen-bond acceptors (Lipinski definition) is 21. The number of carboxylic acid groups (broad SMARTS) is 2. The quantitative estimate of drug-likeness (QED) is 0.0142. The van der Waals surface area contributed by atoms with Crippen LogP contribution in [0.4, 0.5) is 0 Å². The zero-order chi connectivity index (χ0) is 76.2. The van der Waals surface area contributed by atoms with Crippen molar-refractivity contribution in [3.05, 3.63) is 95.6 Å². The molecular weight excluding hydrogens is 1340 g/mol. The topological polar surface area (TPSA) is 705 Å². The van der Waals surface area contributed by atoms with E-state index in [4.69, 9.17) is 45.2 Å². The number of primary amides is 3. The molecule has 3 aromatic carbocycles. The Morgan fingerprint density at radius 1 is 0.382 bits per heavy atom. The van der Waals surface area contributed by atoms with E-state index in [0.717, 1.165) is 0 Å². The molecule has 0 saturated heterocycles. The van der Waals surface area contributed by atoms with Crippen molar-refractivity contribution in [2.45, 2.75) is 144 Å². The number of phenols is 2. The fraction of sp³-hybridized carbons (Fsp3) is 0.435. The normalized spacial score (nSPS) is 13.7. The molecule has 0 bridgehead atoms. The van der Waals surface area contributed by atoms with Gasteiger partial charge in [0.2, 0.25) is 76.8 Å². The second-order valence-corrected chi connectivity index (χ2v) is 23.1. The molecule has 0 aliphatic heterocycles. The third kappa shape index (κ3) is 32.4. The summed E-state index contributed by atoms with van der Waals surface area (Å²) in [6.07, 6.45) is -5.41. The number of aliphatic hydroxyl groups is 1. The fourth-order valence-electron chi connectivity index (χ4n) is 9.50. The minimum absolute atomic E-state index is 0.00712. The molecule has 40 nitrogen and oxygen atoms in total. The van der Waals surface area contributed by atoms with E-state index in [1.807, 2.05) is 0 Å². The molecule has 0 aliphatic carbocycles. The summed E-state index contributed by atoms with van der Waals surface area (Å²) in [5.74, 6) is -19.1. The summed E-state index contributed by atoms with van der Waals surface area (Å²) >= 11 is 0. The van der Waals surface area contributed by atoms with Gasteiger partial charge in [0, 0.05) is 45.2 Å². The van der Waals surface area contributed by atoms with E-state index in [-0.39, 0.29) is 75.5 Å². The Kier molecular flexibility index (Phi) is 35.6. The average molecular weight is 1430 g/mol. The van der Waals surface area contributed by atoms with Crippen LogP contribution < -0.4 is 98.2 Å². The summed E-state index contributed by atoms with van der Waals surface area (Å²) in [6.45, 7) is -2.07. The second-order valence-electron chi connectivity index (χ2n) is 23.1. The molecule has 10 atom stereocenters. The maximum Gasteiger partial charge on any atom is 0.326 e. The molecule has 0 aromatic heterocycles. The van der Waals surface area contributed by atoms with E-state index in [1.54, 1.807) is 30.3 Å². The number of phenolic OH excluding ortho intramolecular Hbond substituents is 2. The van der Waals surface area contributed by atoms with Gasteiger partial charge < -0.3 is 124 Å². The minimum atomic E-state index is -2.04. The molecule has 3 aromatic rings. The lowest BCUT2D eigenvalue weighted by Gasteiger charge is -2.27. The molecule has 0 radical (unpaired) electrons. The first-order valence-electron chi connectivity index (χ1n) is 31.6. The number of aliphatic carboxylic acids is 2. The molecule has 556 valence electrons. The largest absolute Gasteiger partial charge is 0.508 e. The molecule has 0 saturated carbocycles. The van der Waals surface area contributed by atoms with Crippen molar-refractivity contribution in [1.29, 1.82) is 10.8 Å². The highest BCUT2D eigenvalue weighted by molar-refractivity contribution is 6.00. The number of amides is 13. The predicted octanol–water partition coefficient (Wildman–Crippen LogP) is -8.58. The van der Waals surface area contributed by atoms with Crippen LogP contribution in [0.2, 0.25) is 0 Å². The number of nitrogens with one attached hydrogen (secondary N) is 14. The van der Waals surface area contributed by atoms with Gasteiger partial charge in [0.15, 0.2) is 11.9 Å². The number of rotatable bonds is 46. The molecule has 0 spiro atoms. The number of guanidine groups is 2. The Morgan fingerprint density at radius 2 is 0.745 bits per heavy atom.